The molecule has 2 amide bonds. The third kappa shape index (κ3) is 6.60. The van der Waals surface area contributed by atoms with Crippen LogP contribution in [-0.4, -0.2) is 38.1 Å². The number of ether oxygens (including phenoxy) is 3. The van der Waals surface area contributed by atoms with E-state index < -0.39 is 18.5 Å². The first kappa shape index (κ1) is 23.8. The third-order valence-electron chi connectivity index (χ3n) is 5.53. The van der Waals surface area contributed by atoms with E-state index in [9.17, 15) is 14.4 Å². The van der Waals surface area contributed by atoms with Crippen LogP contribution in [0.1, 0.15) is 27.9 Å². The number of rotatable bonds is 9. The molecule has 0 heterocycles. The van der Waals surface area contributed by atoms with Crippen LogP contribution >= 0.6 is 0 Å². The highest BCUT2D eigenvalue weighted by molar-refractivity contribution is 5.95. The minimum atomic E-state index is -0.628. The van der Waals surface area contributed by atoms with Gasteiger partial charge in [-0.2, -0.15) is 0 Å². The molecule has 4 rings (SSSR count). The number of anilines is 2. The molecular formula is C27H26N2O6. The topological polar surface area (TPSA) is 103 Å². The molecule has 0 aliphatic heterocycles. The summed E-state index contributed by atoms with van der Waals surface area (Å²) in [6.45, 7) is -0.595. The van der Waals surface area contributed by atoms with Crippen molar-refractivity contribution in [2.45, 2.75) is 19.3 Å². The molecule has 0 bridgehead atoms. The monoisotopic (exact) mass is 474 g/mol. The molecule has 8 nitrogen and oxygen atoms in total. The van der Waals surface area contributed by atoms with Gasteiger partial charge >= 0.3 is 5.97 Å². The van der Waals surface area contributed by atoms with Crippen LogP contribution in [0.5, 0.6) is 11.5 Å². The van der Waals surface area contributed by atoms with Crippen LogP contribution in [0.2, 0.25) is 0 Å². The Morgan fingerprint density at radius 1 is 0.771 bits per heavy atom. The summed E-state index contributed by atoms with van der Waals surface area (Å²) in [6, 6.07) is 19.0. The van der Waals surface area contributed by atoms with Gasteiger partial charge in [0.2, 0.25) is 0 Å². The Kier molecular flexibility index (Phi) is 7.62. The second-order valence-electron chi connectivity index (χ2n) is 8.05. The molecule has 0 saturated carbocycles. The lowest BCUT2D eigenvalue weighted by Crippen LogP contribution is -2.21. The summed E-state index contributed by atoms with van der Waals surface area (Å²) >= 11 is 0. The van der Waals surface area contributed by atoms with Crippen LogP contribution in [0.25, 0.3) is 0 Å². The Hall–Kier alpha value is -4.33. The largest absolute Gasteiger partial charge is 0.497 e. The number of hydrogen-bond donors (Lipinski definition) is 2. The van der Waals surface area contributed by atoms with E-state index in [1.54, 1.807) is 43.5 Å². The number of amides is 2. The Bertz CT molecular complexity index is 1220. The number of carbonyl (C=O) groups is 3. The lowest BCUT2D eigenvalue weighted by atomic mass is 10.1. The maximum Gasteiger partial charge on any atom is 0.338 e. The van der Waals surface area contributed by atoms with Crippen molar-refractivity contribution >= 4 is 29.2 Å². The average Bonchev–Trinajstić information content (AvgIpc) is 3.34. The predicted octanol–water partition coefficient (Wildman–Crippen LogP) is 4.00. The van der Waals surface area contributed by atoms with Gasteiger partial charge in [-0.15, -0.1) is 0 Å². The molecule has 0 fully saturated rings. The van der Waals surface area contributed by atoms with Gasteiger partial charge < -0.3 is 24.8 Å². The maximum atomic E-state index is 12.3. The van der Waals surface area contributed by atoms with Crippen molar-refractivity contribution in [1.29, 1.82) is 0 Å². The SMILES string of the molecule is COc1cccc(NC(=O)COc2ccc(C(=O)OCC(=O)Nc3ccc4c(c3)CCC4)cc2)c1. The molecule has 3 aromatic rings. The minimum absolute atomic E-state index is 0.204. The van der Waals surface area contributed by atoms with Crippen molar-refractivity contribution in [3.8, 4) is 11.5 Å². The second-order valence-corrected chi connectivity index (χ2v) is 8.05. The number of hydrogen-bond acceptors (Lipinski definition) is 6. The lowest BCUT2D eigenvalue weighted by Gasteiger charge is -2.10. The van der Waals surface area contributed by atoms with Gasteiger partial charge in [-0.1, -0.05) is 12.1 Å². The summed E-state index contributed by atoms with van der Waals surface area (Å²) in [7, 11) is 1.55. The van der Waals surface area contributed by atoms with Gasteiger partial charge in [-0.25, -0.2) is 4.79 Å². The van der Waals surface area contributed by atoms with Gasteiger partial charge in [-0.05, 0) is 78.9 Å². The fraction of sp³-hybridized carbons (Fsp3) is 0.222. The predicted molar refractivity (Wildman–Crippen MR) is 131 cm³/mol. The van der Waals surface area contributed by atoms with Gasteiger partial charge in [0.15, 0.2) is 13.2 Å². The maximum absolute atomic E-state index is 12.3. The smallest absolute Gasteiger partial charge is 0.338 e. The zero-order valence-electron chi connectivity index (χ0n) is 19.3. The number of fused-ring (bicyclic) bond motifs is 1. The number of carbonyl (C=O) groups excluding carboxylic acids is 3. The van der Waals surface area contributed by atoms with Crippen LogP contribution in [-0.2, 0) is 27.2 Å². The molecule has 1 aliphatic rings. The van der Waals surface area contributed by atoms with E-state index in [0.29, 0.717) is 22.9 Å². The molecule has 1 aliphatic carbocycles. The number of esters is 1. The van der Waals surface area contributed by atoms with Crippen LogP contribution in [0, 0.1) is 0 Å². The molecular weight excluding hydrogens is 448 g/mol. The highest BCUT2D eigenvalue weighted by Crippen LogP contribution is 2.25. The van der Waals surface area contributed by atoms with E-state index in [4.69, 9.17) is 14.2 Å². The summed E-state index contributed by atoms with van der Waals surface area (Å²) < 4.78 is 15.7. The summed E-state index contributed by atoms with van der Waals surface area (Å²) in [5, 5.41) is 5.47. The highest BCUT2D eigenvalue weighted by Gasteiger charge is 2.14. The molecule has 2 N–H and O–H groups in total. The molecule has 0 aromatic heterocycles. The van der Waals surface area contributed by atoms with E-state index >= 15 is 0 Å². The number of nitrogens with one attached hydrogen (secondary N) is 2. The van der Waals surface area contributed by atoms with Crippen LogP contribution in [0.4, 0.5) is 11.4 Å². The summed E-state index contributed by atoms with van der Waals surface area (Å²) in [4.78, 5) is 36.5. The van der Waals surface area contributed by atoms with E-state index in [1.807, 2.05) is 18.2 Å². The summed E-state index contributed by atoms with van der Waals surface area (Å²) in [5.41, 5.74) is 4.13. The second kappa shape index (κ2) is 11.2. The highest BCUT2D eigenvalue weighted by atomic mass is 16.5. The van der Waals surface area contributed by atoms with Crippen molar-refractivity contribution in [3.63, 3.8) is 0 Å². The van der Waals surface area contributed by atoms with Crippen molar-refractivity contribution in [1.82, 2.24) is 0 Å². The Morgan fingerprint density at radius 2 is 1.49 bits per heavy atom. The summed E-state index contributed by atoms with van der Waals surface area (Å²) in [5.74, 6) is -0.325. The third-order valence-corrected chi connectivity index (χ3v) is 5.53. The normalized spacial score (nSPS) is 11.8. The Labute approximate surface area is 203 Å². The van der Waals surface area contributed by atoms with Crippen molar-refractivity contribution in [3.05, 3.63) is 83.4 Å². The molecule has 3 aromatic carbocycles. The average molecular weight is 475 g/mol. The molecule has 0 radical (unpaired) electrons. The minimum Gasteiger partial charge on any atom is -0.497 e. The zero-order valence-corrected chi connectivity index (χ0v) is 19.3. The molecule has 180 valence electrons. The van der Waals surface area contributed by atoms with Crippen LogP contribution in [0.15, 0.2) is 66.7 Å². The zero-order chi connectivity index (χ0) is 24.6. The Balaban J connectivity index is 1.21. The van der Waals surface area contributed by atoms with Gasteiger partial charge in [0.25, 0.3) is 11.8 Å². The first-order valence-electron chi connectivity index (χ1n) is 11.3. The van der Waals surface area contributed by atoms with Crippen LogP contribution in [0.3, 0.4) is 0 Å². The number of benzene rings is 3. The summed E-state index contributed by atoms with van der Waals surface area (Å²) in [6.07, 6.45) is 3.22. The fourth-order valence-electron chi connectivity index (χ4n) is 3.80. The lowest BCUT2D eigenvalue weighted by molar-refractivity contribution is -0.119. The van der Waals surface area contributed by atoms with Gasteiger partial charge in [0.1, 0.15) is 11.5 Å². The van der Waals surface area contributed by atoms with Gasteiger partial charge in [0.05, 0.1) is 12.7 Å². The van der Waals surface area contributed by atoms with E-state index in [-0.39, 0.29) is 18.1 Å². The quantitative estimate of drug-likeness (QED) is 0.455. The van der Waals surface area contributed by atoms with E-state index in [0.717, 1.165) is 19.3 Å². The Morgan fingerprint density at radius 3 is 2.26 bits per heavy atom. The van der Waals surface area contributed by atoms with Crippen LogP contribution < -0.4 is 20.1 Å². The molecule has 0 saturated heterocycles. The molecule has 8 heteroatoms. The van der Waals surface area contributed by atoms with Gasteiger partial charge in [0, 0.05) is 17.4 Å². The molecule has 0 atom stereocenters. The van der Waals surface area contributed by atoms with Gasteiger partial charge in [-0.3, -0.25) is 9.59 Å². The molecule has 0 spiro atoms. The van der Waals surface area contributed by atoms with Crippen molar-refractivity contribution in [2.24, 2.45) is 0 Å². The first-order valence-corrected chi connectivity index (χ1v) is 11.3. The van der Waals surface area contributed by atoms with E-state index in [1.165, 1.54) is 23.3 Å². The standard InChI is InChI=1S/C27H26N2O6/c1-33-24-7-3-6-21(15-24)28-25(30)16-34-23-12-9-19(10-13-23)27(32)35-17-26(31)29-22-11-8-18-4-2-5-20(18)14-22/h3,6-15H,2,4-5,16-17H2,1H3,(H,28,30)(H,29,31). The first-order chi connectivity index (χ1) is 17.0. The number of methoxy groups -OCH3 is 1. The van der Waals surface area contributed by atoms with E-state index in [2.05, 4.69) is 10.6 Å². The van der Waals surface area contributed by atoms with Crippen molar-refractivity contribution < 1.29 is 28.6 Å². The van der Waals surface area contributed by atoms with Crippen molar-refractivity contribution in [2.75, 3.05) is 31.0 Å². The molecule has 35 heavy (non-hydrogen) atoms. The number of aryl methyl sites for hydroxylation is 2. The fourth-order valence-corrected chi connectivity index (χ4v) is 3.80. The molecule has 0 unspecified atom stereocenters.